The Morgan fingerprint density at radius 2 is 1.64 bits per heavy atom. The number of phenols is 1. The van der Waals surface area contributed by atoms with Gasteiger partial charge in [0.2, 0.25) is 0 Å². The molecule has 172 valence electrons. The molecule has 0 amide bonds. The fourth-order valence-electron chi connectivity index (χ4n) is 4.35. The zero-order chi connectivity index (χ0) is 22.8. The fraction of sp³-hybridized carbons (Fsp3) is 0.360. The van der Waals surface area contributed by atoms with Crippen molar-refractivity contribution in [1.82, 2.24) is 19.7 Å². The number of anilines is 1. The summed E-state index contributed by atoms with van der Waals surface area (Å²) >= 11 is 0. The molecule has 3 aromatic rings. The van der Waals surface area contributed by atoms with E-state index in [1.165, 1.54) is 30.8 Å². The summed E-state index contributed by atoms with van der Waals surface area (Å²) in [5.41, 5.74) is 3.94. The first-order valence-electron chi connectivity index (χ1n) is 11.5. The molecular weight excluding hydrogens is 419 g/mol. The Morgan fingerprint density at radius 3 is 2.36 bits per heavy atom. The van der Waals surface area contributed by atoms with Crippen LogP contribution >= 0.6 is 0 Å². The number of hydrogen-bond donors (Lipinski definition) is 1. The van der Waals surface area contributed by atoms with Crippen LogP contribution in [0.5, 0.6) is 5.75 Å². The highest BCUT2D eigenvalue weighted by Gasteiger charge is 2.15. The molecule has 1 N–H and O–H groups in total. The summed E-state index contributed by atoms with van der Waals surface area (Å²) in [5.74, 6) is -1.06. The largest absolute Gasteiger partial charge is 0.504 e. The van der Waals surface area contributed by atoms with Crippen molar-refractivity contribution in [1.29, 1.82) is 0 Å². The van der Waals surface area contributed by atoms with Crippen LogP contribution in [0.15, 0.2) is 53.9 Å². The van der Waals surface area contributed by atoms with Crippen molar-refractivity contribution in [3.8, 4) is 22.6 Å². The third-order valence-electron chi connectivity index (χ3n) is 6.43. The molecule has 2 saturated heterocycles. The molecule has 2 aliphatic rings. The fourth-order valence-corrected chi connectivity index (χ4v) is 4.35. The number of piperazine rings is 1. The molecule has 33 heavy (non-hydrogen) atoms. The topological polar surface area (TPSA) is 60.1 Å². The van der Waals surface area contributed by atoms with Gasteiger partial charge < -0.3 is 14.9 Å². The summed E-state index contributed by atoms with van der Waals surface area (Å²) in [7, 11) is 2.08. The Morgan fingerprint density at radius 1 is 0.939 bits per heavy atom. The van der Waals surface area contributed by atoms with Gasteiger partial charge >= 0.3 is 0 Å². The van der Waals surface area contributed by atoms with Crippen molar-refractivity contribution in [2.75, 3.05) is 51.2 Å². The molecule has 0 radical (unpaired) electrons. The molecule has 0 unspecified atom stereocenters. The van der Waals surface area contributed by atoms with Gasteiger partial charge in [-0.15, -0.1) is 0 Å². The summed E-state index contributed by atoms with van der Waals surface area (Å²) in [6.07, 6.45) is 7.61. The molecule has 5 rings (SSSR count). The van der Waals surface area contributed by atoms with Crippen molar-refractivity contribution in [3.63, 3.8) is 0 Å². The number of likely N-dealkylation sites (N-methyl/N-ethyl adjacent to an activating group) is 1. The van der Waals surface area contributed by atoms with Gasteiger partial charge in [-0.3, -0.25) is 5.01 Å². The van der Waals surface area contributed by atoms with Crippen LogP contribution in [0, 0.1) is 5.82 Å². The number of benzene rings is 2. The Bertz CT molecular complexity index is 1130. The van der Waals surface area contributed by atoms with E-state index in [1.807, 2.05) is 11.2 Å². The first kappa shape index (κ1) is 21.5. The minimum atomic E-state index is -0.671. The first-order chi connectivity index (χ1) is 16.1. The van der Waals surface area contributed by atoms with Crippen LogP contribution in [0.2, 0.25) is 0 Å². The van der Waals surface area contributed by atoms with Gasteiger partial charge in [-0.1, -0.05) is 0 Å². The van der Waals surface area contributed by atoms with Gasteiger partial charge in [-0.2, -0.15) is 10.2 Å². The zero-order valence-electron chi connectivity index (χ0n) is 18.9. The Labute approximate surface area is 193 Å². The van der Waals surface area contributed by atoms with Crippen LogP contribution < -0.4 is 4.90 Å². The number of aromatic hydroxyl groups is 1. The molecule has 2 aromatic carbocycles. The summed E-state index contributed by atoms with van der Waals surface area (Å²) in [5, 5.41) is 21.1. The minimum Gasteiger partial charge on any atom is -0.504 e. The lowest BCUT2D eigenvalue weighted by atomic mass is 10.1. The normalized spacial score (nSPS) is 17.4. The molecule has 2 aliphatic heterocycles. The van der Waals surface area contributed by atoms with Crippen molar-refractivity contribution < 1.29 is 9.50 Å². The van der Waals surface area contributed by atoms with Gasteiger partial charge in [0.25, 0.3) is 0 Å². The Kier molecular flexibility index (Phi) is 6.00. The Hall–Kier alpha value is -3.39. The second-order valence-electron chi connectivity index (χ2n) is 8.78. The van der Waals surface area contributed by atoms with Crippen molar-refractivity contribution in [3.05, 3.63) is 60.2 Å². The van der Waals surface area contributed by atoms with Gasteiger partial charge in [0.1, 0.15) is 0 Å². The number of halogens is 1. The molecular formula is C25H29FN6O. The maximum Gasteiger partial charge on any atom is 0.166 e. The quantitative estimate of drug-likeness (QED) is 0.605. The van der Waals surface area contributed by atoms with E-state index in [0.717, 1.165) is 50.5 Å². The van der Waals surface area contributed by atoms with Crippen LogP contribution in [0.1, 0.15) is 18.4 Å². The second kappa shape index (κ2) is 9.23. The maximum atomic E-state index is 14.5. The number of rotatable bonds is 5. The molecule has 0 spiro atoms. The number of aromatic nitrogens is 2. The summed E-state index contributed by atoms with van der Waals surface area (Å²) in [6.45, 7) is 5.68. The highest BCUT2D eigenvalue weighted by molar-refractivity contribution is 5.86. The molecule has 0 saturated carbocycles. The molecule has 1 aromatic heterocycles. The van der Waals surface area contributed by atoms with Gasteiger partial charge in [0, 0.05) is 62.3 Å². The third kappa shape index (κ3) is 4.71. The molecule has 7 nitrogen and oxygen atoms in total. The van der Waals surface area contributed by atoms with Crippen molar-refractivity contribution in [2.24, 2.45) is 5.10 Å². The van der Waals surface area contributed by atoms with E-state index in [4.69, 9.17) is 0 Å². The van der Waals surface area contributed by atoms with E-state index in [2.05, 4.69) is 51.3 Å². The molecule has 8 heteroatoms. The molecule has 3 heterocycles. The lowest BCUT2D eigenvalue weighted by molar-refractivity contribution is 0.159. The average Bonchev–Trinajstić information content (AvgIpc) is 3.54. The predicted molar refractivity (Wildman–Crippen MR) is 129 cm³/mol. The monoisotopic (exact) mass is 448 g/mol. The van der Waals surface area contributed by atoms with Crippen LogP contribution in [0.4, 0.5) is 10.1 Å². The van der Waals surface area contributed by atoms with E-state index in [0.29, 0.717) is 11.1 Å². The van der Waals surface area contributed by atoms with E-state index >= 15 is 0 Å². The molecule has 2 fully saturated rings. The van der Waals surface area contributed by atoms with Crippen LogP contribution in [0.25, 0.3) is 16.8 Å². The molecule has 0 atom stereocenters. The number of hydrazone groups is 1. The van der Waals surface area contributed by atoms with Crippen molar-refractivity contribution in [2.45, 2.75) is 12.8 Å². The van der Waals surface area contributed by atoms with Crippen LogP contribution in [-0.4, -0.2) is 77.3 Å². The van der Waals surface area contributed by atoms with Crippen molar-refractivity contribution >= 4 is 11.9 Å². The summed E-state index contributed by atoms with van der Waals surface area (Å²) in [4.78, 5) is 4.63. The van der Waals surface area contributed by atoms with E-state index in [9.17, 15) is 9.50 Å². The maximum absolute atomic E-state index is 14.5. The van der Waals surface area contributed by atoms with E-state index in [-0.39, 0.29) is 5.75 Å². The van der Waals surface area contributed by atoms with E-state index in [1.54, 1.807) is 16.9 Å². The van der Waals surface area contributed by atoms with Gasteiger partial charge in [-0.05, 0) is 61.9 Å². The number of nitrogens with zero attached hydrogens (tertiary/aromatic N) is 6. The first-order valence-corrected chi connectivity index (χ1v) is 11.5. The van der Waals surface area contributed by atoms with Crippen LogP contribution in [0.3, 0.4) is 0 Å². The summed E-state index contributed by atoms with van der Waals surface area (Å²) in [6, 6.07) is 11.4. The molecule has 0 bridgehead atoms. The smallest absolute Gasteiger partial charge is 0.166 e. The highest BCUT2D eigenvalue weighted by atomic mass is 19.1. The van der Waals surface area contributed by atoms with Gasteiger partial charge in [-0.25, -0.2) is 9.07 Å². The van der Waals surface area contributed by atoms with Crippen LogP contribution in [-0.2, 0) is 0 Å². The average molecular weight is 449 g/mol. The number of phenolic OH excluding ortho intramolecular Hbond substituents is 1. The second-order valence-corrected chi connectivity index (χ2v) is 8.78. The van der Waals surface area contributed by atoms with Gasteiger partial charge in [0.05, 0.1) is 18.1 Å². The lowest BCUT2D eigenvalue weighted by Gasteiger charge is -2.30. The molecule has 0 aliphatic carbocycles. The lowest BCUT2D eigenvalue weighted by Crippen LogP contribution is -2.41. The minimum absolute atomic E-state index is 0.353. The standard InChI is InChI=1S/C25H29FN6O/c1-29-10-12-31(13-11-29)27-16-20-14-19(15-24(26)25(20)33)21-17-28-32(18-21)23-6-4-22(5-7-23)30-8-2-3-9-30/h4-7,14-18,33H,2-3,8-13H2,1H3/b27-16+. The third-order valence-corrected chi connectivity index (χ3v) is 6.43. The SMILES string of the molecule is CN1CCN(/N=C/c2cc(-c3cnn(-c4ccc(N5CCCC5)cc4)c3)cc(F)c2O)CC1. The Balaban J connectivity index is 1.35. The number of hydrogen-bond acceptors (Lipinski definition) is 6. The van der Waals surface area contributed by atoms with E-state index < -0.39 is 5.82 Å². The summed E-state index contributed by atoms with van der Waals surface area (Å²) < 4.78 is 16.3. The predicted octanol–water partition coefficient (Wildman–Crippen LogP) is 3.57. The highest BCUT2D eigenvalue weighted by Crippen LogP contribution is 2.29. The zero-order valence-corrected chi connectivity index (χ0v) is 18.9. The van der Waals surface area contributed by atoms with Gasteiger partial charge in [0.15, 0.2) is 11.6 Å².